The summed E-state index contributed by atoms with van der Waals surface area (Å²) in [5.41, 5.74) is 0.390. The number of benzene rings is 2. The first-order valence-corrected chi connectivity index (χ1v) is 9.09. The normalized spacial score (nSPS) is 12.0. The molecular formula is C16H13Cl3N4O4S. The third-order valence-electron chi connectivity index (χ3n) is 3.40. The van der Waals surface area contributed by atoms with Gasteiger partial charge in [0.05, 0.1) is 4.92 Å². The first-order chi connectivity index (χ1) is 13.1. The zero-order valence-electron chi connectivity index (χ0n) is 13.9. The quantitative estimate of drug-likeness (QED) is 0.201. The minimum Gasteiger partial charge on any atom is -0.327 e. The monoisotopic (exact) mass is 462 g/mol. The molecule has 148 valence electrons. The van der Waals surface area contributed by atoms with E-state index in [0.717, 1.165) is 0 Å². The van der Waals surface area contributed by atoms with Gasteiger partial charge < -0.3 is 10.6 Å². The molecule has 8 nitrogen and oxygen atoms in total. The number of alkyl halides is 3. The van der Waals surface area contributed by atoms with Crippen LogP contribution in [0.4, 0.5) is 16.2 Å². The first kappa shape index (κ1) is 22.1. The third-order valence-corrected chi connectivity index (χ3v) is 4.43. The summed E-state index contributed by atoms with van der Waals surface area (Å²) in [5.74, 6) is -0.584. The molecule has 1 atom stereocenters. The van der Waals surface area contributed by atoms with Crippen molar-refractivity contribution in [2.45, 2.75) is 9.96 Å². The van der Waals surface area contributed by atoms with E-state index in [-0.39, 0.29) is 11.4 Å². The van der Waals surface area contributed by atoms with Gasteiger partial charge in [-0.1, -0.05) is 65.8 Å². The Morgan fingerprint density at radius 2 is 1.64 bits per heavy atom. The van der Waals surface area contributed by atoms with Crippen molar-refractivity contribution in [3.8, 4) is 0 Å². The van der Waals surface area contributed by atoms with Gasteiger partial charge >= 0.3 is 6.03 Å². The third kappa shape index (κ3) is 5.90. The van der Waals surface area contributed by atoms with Gasteiger partial charge in [-0.25, -0.2) is 9.10 Å². The lowest BCUT2D eigenvalue weighted by molar-refractivity contribution is -0.384. The first-order valence-electron chi connectivity index (χ1n) is 7.56. The van der Waals surface area contributed by atoms with Crippen molar-refractivity contribution in [1.82, 2.24) is 9.62 Å². The maximum atomic E-state index is 12.4. The van der Waals surface area contributed by atoms with Crippen molar-refractivity contribution in [3.63, 3.8) is 0 Å². The lowest BCUT2D eigenvalue weighted by Gasteiger charge is -2.32. The predicted octanol–water partition coefficient (Wildman–Crippen LogP) is 4.40. The summed E-state index contributed by atoms with van der Waals surface area (Å²) in [5, 5.41) is 15.5. The van der Waals surface area contributed by atoms with Crippen molar-refractivity contribution in [2.75, 3.05) is 5.32 Å². The van der Waals surface area contributed by atoms with Crippen molar-refractivity contribution < 1.29 is 14.5 Å². The smallest absolute Gasteiger partial charge is 0.327 e. The topological polar surface area (TPSA) is 105 Å². The van der Waals surface area contributed by atoms with E-state index >= 15 is 0 Å². The summed E-state index contributed by atoms with van der Waals surface area (Å²) in [4.78, 5) is 34.9. The number of nitro groups is 1. The molecule has 12 heteroatoms. The number of anilines is 1. The molecule has 2 aromatic rings. The second-order valence-corrected chi connectivity index (χ2v) is 8.16. The standard InChI is InChI=1S/C16H13Cl3N4O4S/c17-16(18,19)14(21-13(24)10-4-2-1-3-5-10)22(28)15(25)20-11-6-8-12(9-7-11)23(26)27/h1-9,14,28H,(H,20,25)(H,21,24). The van der Waals surface area contributed by atoms with E-state index in [2.05, 4.69) is 23.4 Å². The van der Waals surface area contributed by atoms with Crippen LogP contribution in [0.3, 0.4) is 0 Å². The van der Waals surface area contributed by atoms with Crippen LogP contribution in [0, 0.1) is 10.1 Å². The Morgan fingerprint density at radius 1 is 1.07 bits per heavy atom. The molecular weight excluding hydrogens is 451 g/mol. The summed E-state index contributed by atoms with van der Waals surface area (Å²) in [7, 11) is 0. The highest BCUT2D eigenvalue weighted by Crippen LogP contribution is 2.33. The van der Waals surface area contributed by atoms with Crippen LogP contribution in [0.25, 0.3) is 0 Å². The van der Waals surface area contributed by atoms with Crippen LogP contribution in [-0.2, 0) is 0 Å². The summed E-state index contributed by atoms with van der Waals surface area (Å²) in [6, 6.07) is 12.4. The van der Waals surface area contributed by atoms with Gasteiger partial charge in [-0.2, -0.15) is 0 Å². The average molecular weight is 464 g/mol. The maximum absolute atomic E-state index is 12.4. The molecule has 0 spiro atoms. The minimum atomic E-state index is -2.10. The Bertz CT molecular complexity index is 862. The number of carbonyl (C=O) groups excluding carboxylic acids is 2. The van der Waals surface area contributed by atoms with Gasteiger partial charge in [0.1, 0.15) is 0 Å². The van der Waals surface area contributed by atoms with Gasteiger partial charge in [0.15, 0.2) is 6.17 Å². The summed E-state index contributed by atoms with van der Waals surface area (Å²) in [6.07, 6.45) is -1.42. The SMILES string of the molecule is O=C(NC(N(S)C(=O)Nc1ccc([N+](=O)[O-])cc1)C(Cl)(Cl)Cl)c1ccccc1. The number of non-ortho nitro benzene ring substituents is 1. The van der Waals surface area contributed by atoms with Crippen LogP contribution in [0.1, 0.15) is 10.4 Å². The van der Waals surface area contributed by atoms with Gasteiger partial charge in [-0.3, -0.25) is 14.9 Å². The van der Waals surface area contributed by atoms with E-state index in [4.69, 9.17) is 34.8 Å². The Morgan fingerprint density at radius 3 is 2.14 bits per heavy atom. The molecule has 0 heterocycles. The van der Waals surface area contributed by atoms with E-state index < -0.39 is 26.8 Å². The number of hydrogen-bond donors (Lipinski definition) is 3. The molecule has 3 amide bonds. The molecule has 0 aliphatic rings. The molecule has 0 bridgehead atoms. The summed E-state index contributed by atoms with van der Waals surface area (Å²) >= 11 is 21.7. The van der Waals surface area contributed by atoms with Crippen molar-refractivity contribution in [2.24, 2.45) is 0 Å². The zero-order valence-corrected chi connectivity index (χ0v) is 17.0. The molecule has 0 aromatic heterocycles. The molecule has 0 aliphatic carbocycles. The number of nitrogens with one attached hydrogen (secondary N) is 2. The van der Waals surface area contributed by atoms with Gasteiger partial charge in [0.25, 0.3) is 11.6 Å². The van der Waals surface area contributed by atoms with Crippen LogP contribution in [0.5, 0.6) is 0 Å². The molecule has 1 unspecified atom stereocenters. The number of hydrogen-bond acceptors (Lipinski definition) is 5. The van der Waals surface area contributed by atoms with E-state index in [1.807, 2.05) is 0 Å². The second-order valence-electron chi connectivity index (χ2n) is 5.36. The molecule has 2 rings (SSSR count). The molecule has 0 saturated carbocycles. The molecule has 0 aliphatic heterocycles. The Labute approximate surface area is 180 Å². The number of carbonyl (C=O) groups is 2. The van der Waals surface area contributed by atoms with Crippen molar-refractivity contribution >= 4 is 70.9 Å². The second kappa shape index (κ2) is 9.33. The highest BCUT2D eigenvalue weighted by atomic mass is 35.6. The Hall–Kier alpha value is -2.20. The Balaban J connectivity index is 2.13. The summed E-state index contributed by atoms with van der Waals surface area (Å²) < 4.78 is -1.39. The highest BCUT2D eigenvalue weighted by molar-refractivity contribution is 7.78. The number of halogens is 3. The fourth-order valence-corrected chi connectivity index (χ4v) is 2.98. The predicted molar refractivity (Wildman–Crippen MR) is 111 cm³/mol. The lowest BCUT2D eigenvalue weighted by atomic mass is 10.2. The van der Waals surface area contributed by atoms with Crippen LogP contribution < -0.4 is 10.6 Å². The number of thiol groups is 1. The van der Waals surface area contributed by atoms with Crippen molar-refractivity contribution in [1.29, 1.82) is 0 Å². The average Bonchev–Trinajstić information content (AvgIpc) is 2.65. The molecule has 2 aromatic carbocycles. The fourth-order valence-electron chi connectivity index (χ4n) is 2.04. The zero-order chi connectivity index (χ0) is 20.9. The number of amides is 3. The molecule has 0 saturated heterocycles. The van der Waals surface area contributed by atoms with Gasteiger partial charge in [-0.05, 0) is 24.3 Å². The number of urea groups is 1. The number of rotatable bonds is 5. The van der Waals surface area contributed by atoms with E-state index in [9.17, 15) is 19.7 Å². The van der Waals surface area contributed by atoms with Crippen LogP contribution in [-0.4, -0.2) is 31.1 Å². The highest BCUT2D eigenvalue weighted by Gasteiger charge is 2.40. The van der Waals surface area contributed by atoms with E-state index in [1.165, 1.54) is 24.3 Å². The Kier molecular flexibility index (Phi) is 7.36. The maximum Gasteiger partial charge on any atom is 0.333 e. The molecule has 0 fully saturated rings. The molecule has 28 heavy (non-hydrogen) atoms. The van der Waals surface area contributed by atoms with Crippen molar-refractivity contribution in [3.05, 3.63) is 70.3 Å². The van der Waals surface area contributed by atoms with Gasteiger partial charge in [0, 0.05) is 23.4 Å². The van der Waals surface area contributed by atoms with Gasteiger partial charge in [0.2, 0.25) is 3.79 Å². The summed E-state index contributed by atoms with van der Waals surface area (Å²) in [6.45, 7) is 0. The van der Waals surface area contributed by atoms with Crippen LogP contribution in [0.15, 0.2) is 54.6 Å². The largest absolute Gasteiger partial charge is 0.333 e. The molecule has 2 N–H and O–H groups in total. The minimum absolute atomic E-state index is 0.143. The number of nitrogens with zero attached hydrogens (tertiary/aromatic N) is 2. The van der Waals surface area contributed by atoms with E-state index in [1.54, 1.807) is 30.3 Å². The number of nitro benzene ring substituents is 1. The van der Waals surface area contributed by atoms with Gasteiger partial charge in [-0.15, -0.1) is 0 Å². The van der Waals surface area contributed by atoms with Crippen LogP contribution >= 0.6 is 47.6 Å². The van der Waals surface area contributed by atoms with Crippen LogP contribution in [0.2, 0.25) is 0 Å². The lowest BCUT2D eigenvalue weighted by Crippen LogP contribution is -2.54. The van der Waals surface area contributed by atoms with E-state index in [0.29, 0.717) is 9.87 Å². The molecule has 0 radical (unpaired) electrons. The fraction of sp³-hybridized carbons (Fsp3) is 0.125.